The van der Waals surface area contributed by atoms with Crippen LogP contribution in [0.5, 0.6) is 0 Å². The van der Waals surface area contributed by atoms with E-state index in [9.17, 15) is 4.79 Å². The van der Waals surface area contributed by atoms with E-state index >= 15 is 0 Å². The van der Waals surface area contributed by atoms with Crippen molar-refractivity contribution >= 4 is 47.2 Å². The molecule has 7 nitrogen and oxygen atoms in total. The van der Waals surface area contributed by atoms with Crippen molar-refractivity contribution < 1.29 is 9.21 Å². The molecule has 2 heterocycles. The highest BCUT2D eigenvalue weighted by Gasteiger charge is 2.07. The van der Waals surface area contributed by atoms with E-state index in [1.54, 1.807) is 30.5 Å². The van der Waals surface area contributed by atoms with Crippen LogP contribution in [0.25, 0.3) is 0 Å². The number of primary amides is 1. The van der Waals surface area contributed by atoms with Crippen molar-refractivity contribution in [3.8, 4) is 0 Å². The summed E-state index contributed by atoms with van der Waals surface area (Å²) in [4.78, 5) is 20.5. The molecule has 120 valence electrons. The minimum absolute atomic E-state index is 0. The van der Waals surface area contributed by atoms with Crippen LogP contribution >= 0.6 is 35.3 Å². The summed E-state index contributed by atoms with van der Waals surface area (Å²) in [6.45, 7) is 3.02. The van der Waals surface area contributed by atoms with Crippen LogP contribution in [0.1, 0.15) is 26.2 Å². The monoisotopic (exact) mass is 435 g/mol. The van der Waals surface area contributed by atoms with Crippen molar-refractivity contribution in [3.05, 3.63) is 39.7 Å². The molecule has 0 fully saturated rings. The Kier molecular flexibility index (Phi) is 7.32. The second-order valence-corrected chi connectivity index (χ2v) is 5.59. The number of furan rings is 1. The maximum absolute atomic E-state index is 10.9. The number of carbonyl (C=O) groups excluding carboxylic acids is 1. The molecule has 2 aromatic rings. The van der Waals surface area contributed by atoms with E-state index in [0.717, 1.165) is 5.01 Å². The summed E-state index contributed by atoms with van der Waals surface area (Å²) in [5.41, 5.74) is 5.13. The molecule has 2 rings (SSSR count). The quantitative estimate of drug-likeness (QED) is 0.376. The summed E-state index contributed by atoms with van der Waals surface area (Å²) in [6, 6.07) is 3.25. The number of nitrogens with zero attached hydrogens (tertiary/aromatic N) is 2. The van der Waals surface area contributed by atoms with Crippen LogP contribution < -0.4 is 16.4 Å². The predicted molar refractivity (Wildman–Crippen MR) is 96.5 cm³/mol. The molecular weight excluding hydrogens is 417 g/mol. The fourth-order valence-electron chi connectivity index (χ4n) is 1.64. The summed E-state index contributed by atoms with van der Waals surface area (Å²) >= 11 is 1.63. The van der Waals surface area contributed by atoms with Gasteiger partial charge < -0.3 is 20.8 Å². The van der Waals surface area contributed by atoms with E-state index in [2.05, 4.69) is 20.6 Å². The van der Waals surface area contributed by atoms with Crippen molar-refractivity contribution in [2.75, 3.05) is 7.05 Å². The number of carbonyl (C=O) groups is 1. The number of hydrogen-bond donors (Lipinski definition) is 3. The number of guanidine groups is 1. The average molecular weight is 435 g/mol. The number of amides is 1. The Morgan fingerprint density at radius 3 is 2.68 bits per heavy atom. The van der Waals surface area contributed by atoms with Gasteiger partial charge in [-0.15, -0.1) is 35.3 Å². The minimum atomic E-state index is -0.581. The van der Waals surface area contributed by atoms with Crippen LogP contribution in [-0.2, 0) is 13.1 Å². The van der Waals surface area contributed by atoms with Gasteiger partial charge in [0, 0.05) is 18.1 Å². The molecule has 2 aromatic heterocycles. The Morgan fingerprint density at radius 1 is 1.41 bits per heavy atom. The van der Waals surface area contributed by atoms with Gasteiger partial charge in [0.05, 0.1) is 13.1 Å². The van der Waals surface area contributed by atoms with Crippen molar-refractivity contribution in [2.45, 2.75) is 20.0 Å². The second kappa shape index (κ2) is 8.73. The summed E-state index contributed by atoms with van der Waals surface area (Å²) in [7, 11) is 1.68. The van der Waals surface area contributed by atoms with E-state index in [4.69, 9.17) is 10.2 Å². The zero-order valence-corrected chi connectivity index (χ0v) is 15.4. The van der Waals surface area contributed by atoms with Crippen LogP contribution in [-0.4, -0.2) is 23.9 Å². The lowest BCUT2D eigenvalue weighted by Gasteiger charge is -2.09. The first-order valence-electron chi connectivity index (χ1n) is 6.33. The fourth-order valence-corrected chi connectivity index (χ4v) is 2.37. The highest BCUT2D eigenvalue weighted by atomic mass is 127. The molecular formula is C13H18IN5O2S. The molecule has 0 saturated heterocycles. The maximum atomic E-state index is 10.9. The van der Waals surface area contributed by atoms with Crippen molar-refractivity contribution in [3.63, 3.8) is 0 Å². The first-order chi connectivity index (χ1) is 10.1. The average Bonchev–Trinajstić information content (AvgIpc) is 3.08. The Hall–Kier alpha value is -1.62. The molecule has 0 aliphatic heterocycles. The van der Waals surface area contributed by atoms with Gasteiger partial charge in [-0.3, -0.25) is 9.79 Å². The third kappa shape index (κ3) is 5.30. The van der Waals surface area contributed by atoms with Gasteiger partial charge in [0.2, 0.25) is 0 Å². The summed E-state index contributed by atoms with van der Waals surface area (Å²) in [5.74, 6) is 0.799. The Balaban J connectivity index is 0.00000242. The van der Waals surface area contributed by atoms with E-state index < -0.39 is 5.91 Å². The van der Waals surface area contributed by atoms with Crippen molar-refractivity contribution in [1.82, 2.24) is 15.6 Å². The van der Waals surface area contributed by atoms with Gasteiger partial charge in [0.15, 0.2) is 11.7 Å². The molecule has 0 saturated carbocycles. The number of nitrogens with one attached hydrogen (secondary N) is 2. The number of rotatable bonds is 5. The zero-order chi connectivity index (χ0) is 15.2. The van der Waals surface area contributed by atoms with Crippen LogP contribution in [0.2, 0.25) is 0 Å². The molecule has 0 unspecified atom stereocenters. The maximum Gasteiger partial charge on any atom is 0.284 e. The number of halogens is 1. The summed E-state index contributed by atoms with van der Waals surface area (Å²) in [6.07, 6.45) is 1.84. The van der Waals surface area contributed by atoms with Crippen molar-refractivity contribution in [2.24, 2.45) is 10.7 Å². The van der Waals surface area contributed by atoms with E-state index in [1.165, 1.54) is 4.88 Å². The largest absolute Gasteiger partial charge is 0.454 e. The molecule has 1 amide bonds. The van der Waals surface area contributed by atoms with Gasteiger partial charge in [0.25, 0.3) is 5.91 Å². The van der Waals surface area contributed by atoms with Gasteiger partial charge in [-0.25, -0.2) is 4.98 Å². The third-order valence-corrected chi connectivity index (χ3v) is 3.55. The lowest BCUT2D eigenvalue weighted by molar-refractivity contribution is 0.0972. The first kappa shape index (κ1) is 18.4. The van der Waals surface area contributed by atoms with Crippen LogP contribution in [0.15, 0.2) is 27.7 Å². The third-order valence-electron chi connectivity index (χ3n) is 2.63. The van der Waals surface area contributed by atoms with E-state index in [1.807, 2.05) is 13.1 Å². The topological polar surface area (TPSA) is 106 Å². The first-order valence-corrected chi connectivity index (χ1v) is 7.14. The molecule has 0 aliphatic carbocycles. The normalized spacial score (nSPS) is 10.9. The van der Waals surface area contributed by atoms with Crippen LogP contribution in [0.4, 0.5) is 0 Å². The molecule has 0 atom stereocenters. The molecule has 0 aromatic carbocycles. The van der Waals surface area contributed by atoms with Gasteiger partial charge in [0.1, 0.15) is 10.8 Å². The number of hydrogen-bond acceptors (Lipinski definition) is 5. The number of aromatic nitrogens is 1. The molecule has 4 N–H and O–H groups in total. The van der Waals surface area contributed by atoms with Gasteiger partial charge >= 0.3 is 0 Å². The number of aliphatic imine (C=N–C) groups is 1. The highest BCUT2D eigenvalue weighted by molar-refractivity contribution is 14.0. The van der Waals surface area contributed by atoms with Gasteiger partial charge in [-0.2, -0.15) is 0 Å². The Morgan fingerprint density at radius 2 is 2.14 bits per heavy atom. The molecule has 22 heavy (non-hydrogen) atoms. The van der Waals surface area contributed by atoms with E-state index in [0.29, 0.717) is 24.8 Å². The van der Waals surface area contributed by atoms with Crippen molar-refractivity contribution in [1.29, 1.82) is 0 Å². The number of aryl methyl sites for hydroxylation is 1. The van der Waals surface area contributed by atoms with Gasteiger partial charge in [-0.05, 0) is 19.1 Å². The Labute approximate surface area is 149 Å². The van der Waals surface area contributed by atoms with Crippen LogP contribution in [0.3, 0.4) is 0 Å². The number of thiazole rings is 1. The minimum Gasteiger partial charge on any atom is -0.454 e. The van der Waals surface area contributed by atoms with E-state index in [-0.39, 0.29) is 29.7 Å². The fraction of sp³-hybridized carbons (Fsp3) is 0.308. The van der Waals surface area contributed by atoms with Gasteiger partial charge in [-0.1, -0.05) is 0 Å². The molecule has 0 aliphatic rings. The standard InChI is InChI=1S/C13H17N5O2S.HI/c1-8-5-16-11(21-8)7-18-13(15-2)17-6-9-3-4-10(20-9)12(14)19;/h3-5H,6-7H2,1-2H3,(H2,14,19)(H2,15,17,18);1H. The smallest absolute Gasteiger partial charge is 0.284 e. The summed E-state index contributed by atoms with van der Waals surface area (Å²) in [5, 5.41) is 7.23. The zero-order valence-electron chi connectivity index (χ0n) is 12.3. The molecule has 9 heteroatoms. The highest BCUT2D eigenvalue weighted by Crippen LogP contribution is 2.10. The lowest BCUT2D eigenvalue weighted by Crippen LogP contribution is -2.36. The summed E-state index contributed by atoms with van der Waals surface area (Å²) < 4.78 is 5.28. The SMILES string of the molecule is CN=C(NCc1ccc(C(N)=O)o1)NCc1ncc(C)s1.I. The lowest BCUT2D eigenvalue weighted by atomic mass is 10.4. The molecule has 0 radical (unpaired) electrons. The molecule has 0 spiro atoms. The Bertz CT molecular complexity index is 652. The number of nitrogens with two attached hydrogens (primary N) is 1. The predicted octanol–water partition coefficient (Wildman–Crippen LogP) is 1.63. The second-order valence-electron chi connectivity index (χ2n) is 4.27. The van der Waals surface area contributed by atoms with Crippen LogP contribution in [0, 0.1) is 6.92 Å². The molecule has 0 bridgehead atoms.